The number of amides is 1. The molecule has 1 atom stereocenters. The van der Waals surface area contributed by atoms with E-state index in [-0.39, 0.29) is 16.7 Å². The van der Waals surface area contributed by atoms with Crippen molar-refractivity contribution in [1.82, 2.24) is 4.90 Å². The van der Waals surface area contributed by atoms with Crippen LogP contribution in [0.2, 0.25) is 0 Å². The van der Waals surface area contributed by atoms with Gasteiger partial charge >= 0.3 is 0 Å². The van der Waals surface area contributed by atoms with Crippen molar-refractivity contribution in [2.75, 3.05) is 20.8 Å². The number of aliphatic hydroxyl groups excluding tert-OH is 1. The molecule has 1 heterocycles. The lowest BCUT2D eigenvalue weighted by atomic mass is 9.84. The summed E-state index contributed by atoms with van der Waals surface area (Å²) in [4.78, 5) is 28.1. The third-order valence-electron chi connectivity index (χ3n) is 7.03. The maximum Gasteiger partial charge on any atom is 0.295 e. The van der Waals surface area contributed by atoms with Gasteiger partial charge in [-0.3, -0.25) is 9.59 Å². The zero-order chi connectivity index (χ0) is 29.0. The molecule has 3 aromatic carbocycles. The van der Waals surface area contributed by atoms with Crippen molar-refractivity contribution in [3.63, 3.8) is 0 Å². The highest BCUT2D eigenvalue weighted by Crippen LogP contribution is 2.43. The Hall–Kier alpha value is -4.26. The molecule has 0 aromatic heterocycles. The highest BCUT2D eigenvalue weighted by molar-refractivity contribution is 6.46. The quantitative estimate of drug-likeness (QED) is 0.191. The molecule has 1 aliphatic heterocycles. The largest absolute Gasteiger partial charge is 0.507 e. The second kappa shape index (κ2) is 11.9. The highest BCUT2D eigenvalue weighted by Gasteiger charge is 2.46. The van der Waals surface area contributed by atoms with E-state index in [0.29, 0.717) is 47.9 Å². The van der Waals surface area contributed by atoms with Crippen LogP contribution in [0, 0.1) is 0 Å². The standard InChI is InChI=1S/C33H37NO6/c1-7-17-34-29(22-13-16-26(27(19-22)39-6)40-20-21-11-9-8-10-12-21)28(31(36)32(34)37)30(35)23-14-15-25(38-5)24(18-23)33(2,3)4/h8-16,18-19,29,35H,7,17,20H2,1-6H3/b30-28+. The number of hydrogen-bond donors (Lipinski definition) is 1. The molecule has 0 saturated carbocycles. The van der Waals surface area contributed by atoms with Crippen LogP contribution in [-0.4, -0.2) is 42.5 Å². The number of ether oxygens (including phenoxy) is 3. The van der Waals surface area contributed by atoms with E-state index in [0.717, 1.165) is 11.1 Å². The van der Waals surface area contributed by atoms with E-state index < -0.39 is 17.7 Å². The van der Waals surface area contributed by atoms with Crippen LogP contribution in [0.25, 0.3) is 5.76 Å². The van der Waals surface area contributed by atoms with Crippen LogP contribution in [0.3, 0.4) is 0 Å². The molecule has 4 rings (SSSR count). The molecule has 7 nitrogen and oxygen atoms in total. The smallest absolute Gasteiger partial charge is 0.295 e. The first-order chi connectivity index (χ1) is 19.1. The summed E-state index contributed by atoms with van der Waals surface area (Å²) in [5, 5.41) is 11.6. The molecule has 1 saturated heterocycles. The maximum absolute atomic E-state index is 13.4. The molecule has 1 unspecified atom stereocenters. The van der Waals surface area contributed by atoms with Gasteiger partial charge < -0.3 is 24.2 Å². The van der Waals surface area contributed by atoms with Gasteiger partial charge in [-0.15, -0.1) is 0 Å². The van der Waals surface area contributed by atoms with Gasteiger partial charge in [0.05, 0.1) is 25.8 Å². The van der Waals surface area contributed by atoms with Crippen LogP contribution in [0.5, 0.6) is 17.2 Å². The predicted molar refractivity (Wildman–Crippen MR) is 155 cm³/mol. The molecule has 7 heteroatoms. The number of aliphatic hydroxyl groups is 1. The van der Waals surface area contributed by atoms with E-state index in [1.165, 1.54) is 4.90 Å². The van der Waals surface area contributed by atoms with Gasteiger partial charge in [-0.05, 0) is 53.3 Å². The zero-order valence-corrected chi connectivity index (χ0v) is 24.0. The van der Waals surface area contributed by atoms with Crippen molar-refractivity contribution < 1.29 is 28.9 Å². The molecule has 1 fully saturated rings. The first-order valence-electron chi connectivity index (χ1n) is 13.4. The SMILES string of the molecule is CCCN1C(=O)C(=O)/C(=C(/O)c2ccc(OC)c(C(C)(C)C)c2)C1c1ccc(OCc2ccccc2)c(OC)c1. The lowest BCUT2D eigenvalue weighted by molar-refractivity contribution is -0.139. The van der Waals surface area contributed by atoms with E-state index in [2.05, 4.69) is 0 Å². The molecule has 0 radical (unpaired) electrons. The van der Waals surface area contributed by atoms with Crippen LogP contribution in [0.15, 0.2) is 72.3 Å². The van der Waals surface area contributed by atoms with E-state index >= 15 is 0 Å². The summed E-state index contributed by atoms with van der Waals surface area (Å²) in [6.07, 6.45) is 0.648. The van der Waals surface area contributed by atoms with Crippen LogP contribution in [0.1, 0.15) is 62.4 Å². The summed E-state index contributed by atoms with van der Waals surface area (Å²) < 4.78 is 17.2. The Balaban J connectivity index is 1.80. The predicted octanol–water partition coefficient (Wildman–Crippen LogP) is 6.41. The van der Waals surface area contributed by atoms with Crippen LogP contribution < -0.4 is 14.2 Å². The molecular formula is C33H37NO6. The van der Waals surface area contributed by atoms with Gasteiger partial charge in [0.2, 0.25) is 0 Å². The summed E-state index contributed by atoms with van der Waals surface area (Å²) in [5.74, 6) is 0.109. The lowest BCUT2D eigenvalue weighted by Crippen LogP contribution is -2.30. The Morgan fingerprint density at radius 1 is 0.900 bits per heavy atom. The molecule has 210 valence electrons. The van der Waals surface area contributed by atoms with Gasteiger partial charge in [-0.1, -0.05) is 64.1 Å². The Morgan fingerprint density at radius 2 is 1.57 bits per heavy atom. The Morgan fingerprint density at radius 3 is 2.20 bits per heavy atom. The summed E-state index contributed by atoms with van der Waals surface area (Å²) >= 11 is 0. The Kier molecular flexibility index (Phi) is 8.52. The number of hydrogen-bond acceptors (Lipinski definition) is 6. The fourth-order valence-electron chi connectivity index (χ4n) is 5.00. The van der Waals surface area contributed by atoms with E-state index in [1.54, 1.807) is 38.5 Å². The maximum atomic E-state index is 13.4. The monoisotopic (exact) mass is 543 g/mol. The third-order valence-corrected chi connectivity index (χ3v) is 7.03. The molecule has 3 aromatic rings. The molecule has 40 heavy (non-hydrogen) atoms. The van der Waals surface area contributed by atoms with Gasteiger partial charge in [0, 0.05) is 17.7 Å². The number of ketones is 1. The third kappa shape index (κ3) is 5.69. The number of carbonyl (C=O) groups excluding carboxylic acids is 2. The van der Waals surface area contributed by atoms with Crippen molar-refractivity contribution >= 4 is 17.4 Å². The molecule has 1 N–H and O–H groups in total. The number of rotatable bonds is 9. The number of carbonyl (C=O) groups is 2. The van der Waals surface area contributed by atoms with E-state index in [4.69, 9.17) is 14.2 Å². The average Bonchev–Trinajstić information content (AvgIpc) is 3.20. The summed E-state index contributed by atoms with van der Waals surface area (Å²) in [6.45, 7) is 8.79. The number of benzene rings is 3. The van der Waals surface area contributed by atoms with Crippen molar-refractivity contribution in [3.05, 3.63) is 94.6 Å². The van der Waals surface area contributed by atoms with E-state index in [1.807, 2.05) is 70.2 Å². The van der Waals surface area contributed by atoms with Gasteiger partial charge in [-0.25, -0.2) is 0 Å². The van der Waals surface area contributed by atoms with Gasteiger partial charge in [0.15, 0.2) is 11.5 Å². The molecule has 0 aliphatic carbocycles. The van der Waals surface area contributed by atoms with Crippen molar-refractivity contribution in [1.29, 1.82) is 0 Å². The Labute approximate surface area is 236 Å². The van der Waals surface area contributed by atoms with Crippen LogP contribution in [0.4, 0.5) is 0 Å². The minimum atomic E-state index is -0.780. The van der Waals surface area contributed by atoms with Crippen molar-refractivity contribution in [2.45, 2.75) is 52.2 Å². The second-order valence-corrected chi connectivity index (χ2v) is 10.8. The van der Waals surface area contributed by atoms with Crippen molar-refractivity contribution in [2.24, 2.45) is 0 Å². The fraction of sp³-hybridized carbons (Fsp3) is 0.333. The molecule has 0 bridgehead atoms. The lowest BCUT2D eigenvalue weighted by Gasteiger charge is -2.26. The number of methoxy groups -OCH3 is 2. The molecular weight excluding hydrogens is 506 g/mol. The Bertz CT molecular complexity index is 1420. The molecule has 0 spiro atoms. The average molecular weight is 544 g/mol. The number of Topliss-reactive ketones (excluding diaryl/α,β-unsaturated/α-hetero) is 1. The summed E-state index contributed by atoms with van der Waals surface area (Å²) in [5.41, 5.74) is 2.74. The van der Waals surface area contributed by atoms with Crippen molar-refractivity contribution in [3.8, 4) is 17.2 Å². The number of likely N-dealkylation sites (tertiary alicyclic amines) is 1. The van der Waals surface area contributed by atoms with Gasteiger partial charge in [0.25, 0.3) is 11.7 Å². The van der Waals surface area contributed by atoms with Gasteiger partial charge in [-0.2, -0.15) is 0 Å². The summed E-state index contributed by atoms with van der Waals surface area (Å²) in [6, 6.07) is 19.7. The van der Waals surface area contributed by atoms with E-state index in [9.17, 15) is 14.7 Å². The van der Waals surface area contributed by atoms with Crippen LogP contribution >= 0.6 is 0 Å². The van der Waals surface area contributed by atoms with Crippen LogP contribution in [-0.2, 0) is 21.6 Å². The molecule has 1 amide bonds. The summed E-state index contributed by atoms with van der Waals surface area (Å²) in [7, 11) is 3.14. The minimum absolute atomic E-state index is 0.0449. The fourth-order valence-corrected chi connectivity index (χ4v) is 5.00. The number of nitrogens with zero attached hydrogens (tertiary/aromatic N) is 1. The minimum Gasteiger partial charge on any atom is -0.507 e. The van der Waals surface area contributed by atoms with Gasteiger partial charge in [0.1, 0.15) is 18.1 Å². The highest BCUT2D eigenvalue weighted by atomic mass is 16.5. The first kappa shape index (κ1) is 28.7. The normalized spacial score (nSPS) is 16.8. The zero-order valence-electron chi connectivity index (χ0n) is 24.0. The first-order valence-corrected chi connectivity index (χ1v) is 13.4. The topological polar surface area (TPSA) is 85.3 Å². The second-order valence-electron chi connectivity index (χ2n) is 10.8. The molecule has 1 aliphatic rings.